The van der Waals surface area contributed by atoms with Crippen LogP contribution in [0.2, 0.25) is 0 Å². The molecule has 0 fully saturated rings. The molecule has 0 spiro atoms. The second-order valence-corrected chi connectivity index (χ2v) is 4.00. The first kappa shape index (κ1) is 10.5. The van der Waals surface area contributed by atoms with Crippen molar-refractivity contribution in [3.05, 3.63) is 12.3 Å². The molecule has 4 heteroatoms. The molecule has 0 aliphatic carbocycles. The molecule has 0 rings (SSSR count). The maximum absolute atomic E-state index is 10.5. The summed E-state index contributed by atoms with van der Waals surface area (Å²) in [6.07, 6.45) is 3.55. The highest BCUT2D eigenvalue weighted by Gasteiger charge is 2.03. The maximum Gasteiger partial charge on any atom is 0.305 e. The Morgan fingerprint density at radius 1 is 1.55 bits per heavy atom. The van der Waals surface area contributed by atoms with Gasteiger partial charge in [0, 0.05) is 6.42 Å². The van der Waals surface area contributed by atoms with Crippen LogP contribution in [-0.4, -0.2) is 14.7 Å². The highest BCUT2D eigenvalue weighted by molar-refractivity contribution is 7.86. The van der Waals surface area contributed by atoms with Gasteiger partial charge in [0.25, 0.3) is 0 Å². The minimum Gasteiger partial charge on any atom is -0.388 e. The molecular formula is C7H14O3S. The van der Waals surface area contributed by atoms with Crippen LogP contribution in [0.5, 0.6) is 0 Å². The second-order valence-electron chi connectivity index (χ2n) is 2.43. The SMILES string of the molecule is C=C(CCCC)OS(C)(=O)=O. The smallest absolute Gasteiger partial charge is 0.305 e. The lowest BCUT2D eigenvalue weighted by atomic mass is 10.2. The molecule has 0 amide bonds. The van der Waals surface area contributed by atoms with Gasteiger partial charge in [0.1, 0.15) is 5.76 Å². The largest absolute Gasteiger partial charge is 0.388 e. The fourth-order valence-corrected chi connectivity index (χ4v) is 1.14. The van der Waals surface area contributed by atoms with Crippen molar-refractivity contribution in [1.29, 1.82) is 0 Å². The molecule has 0 saturated carbocycles. The van der Waals surface area contributed by atoms with Crippen molar-refractivity contribution in [2.75, 3.05) is 6.26 Å². The standard InChI is InChI=1S/C7H14O3S/c1-4-5-6-7(2)10-11(3,8)9/h2,4-6H2,1,3H3. The van der Waals surface area contributed by atoms with Gasteiger partial charge in [-0.2, -0.15) is 8.42 Å². The molecule has 0 aliphatic rings. The molecule has 0 unspecified atom stereocenters. The summed E-state index contributed by atoms with van der Waals surface area (Å²) in [7, 11) is -3.35. The maximum atomic E-state index is 10.5. The number of unbranched alkanes of at least 4 members (excludes halogenated alkanes) is 1. The molecular weight excluding hydrogens is 164 g/mol. The van der Waals surface area contributed by atoms with Gasteiger partial charge in [-0.25, -0.2) is 0 Å². The number of hydrogen-bond donors (Lipinski definition) is 0. The Balaban J connectivity index is 3.71. The Kier molecular flexibility index (Phi) is 4.18. The summed E-state index contributed by atoms with van der Waals surface area (Å²) >= 11 is 0. The van der Waals surface area contributed by atoms with E-state index >= 15 is 0 Å². The summed E-state index contributed by atoms with van der Waals surface area (Å²) in [5.74, 6) is 0.328. The van der Waals surface area contributed by atoms with Gasteiger partial charge in [-0.05, 0) is 6.42 Å². The van der Waals surface area contributed by atoms with Crippen LogP contribution in [0.3, 0.4) is 0 Å². The van der Waals surface area contributed by atoms with Gasteiger partial charge in [0.15, 0.2) is 0 Å². The van der Waals surface area contributed by atoms with Crippen molar-refractivity contribution in [2.24, 2.45) is 0 Å². The quantitative estimate of drug-likeness (QED) is 0.475. The summed E-state index contributed by atoms with van der Waals surface area (Å²) in [6, 6.07) is 0. The van der Waals surface area contributed by atoms with Crippen LogP contribution in [-0.2, 0) is 14.3 Å². The molecule has 3 nitrogen and oxygen atoms in total. The molecule has 11 heavy (non-hydrogen) atoms. The van der Waals surface area contributed by atoms with Crippen LogP contribution >= 0.6 is 0 Å². The fourth-order valence-electron chi connectivity index (χ4n) is 0.630. The van der Waals surface area contributed by atoms with Crippen LogP contribution in [0.15, 0.2) is 12.3 Å². The van der Waals surface area contributed by atoms with E-state index in [1.165, 1.54) is 0 Å². The summed E-state index contributed by atoms with van der Waals surface area (Å²) in [4.78, 5) is 0. The monoisotopic (exact) mass is 178 g/mol. The predicted molar refractivity (Wildman–Crippen MR) is 44.6 cm³/mol. The molecule has 66 valence electrons. The normalized spacial score (nSPS) is 11.1. The molecule has 0 saturated heterocycles. The van der Waals surface area contributed by atoms with E-state index in [1.807, 2.05) is 6.92 Å². The minimum absolute atomic E-state index is 0.328. The third-order valence-corrected chi connectivity index (χ3v) is 1.62. The average molecular weight is 178 g/mol. The Bertz CT molecular complexity index is 216. The predicted octanol–water partition coefficient (Wildman–Crippen LogP) is 1.67. The van der Waals surface area contributed by atoms with Crippen molar-refractivity contribution in [2.45, 2.75) is 26.2 Å². The number of rotatable bonds is 5. The second kappa shape index (κ2) is 4.38. The summed E-state index contributed by atoms with van der Waals surface area (Å²) in [6.45, 7) is 5.50. The zero-order chi connectivity index (χ0) is 8.91. The molecule has 0 aliphatic heterocycles. The Hall–Kier alpha value is -0.510. The van der Waals surface area contributed by atoms with Gasteiger partial charge in [0.2, 0.25) is 0 Å². The first-order valence-corrected chi connectivity index (χ1v) is 5.34. The van der Waals surface area contributed by atoms with E-state index in [0.29, 0.717) is 12.2 Å². The molecule has 0 bridgehead atoms. The molecule has 0 aromatic carbocycles. The lowest BCUT2D eigenvalue weighted by molar-refractivity contribution is 0.393. The molecule has 0 heterocycles. The topological polar surface area (TPSA) is 43.4 Å². The summed E-state index contributed by atoms with van der Waals surface area (Å²) < 4.78 is 25.6. The highest BCUT2D eigenvalue weighted by atomic mass is 32.2. The Labute approximate surface area is 68.2 Å². The van der Waals surface area contributed by atoms with Crippen LogP contribution in [0.4, 0.5) is 0 Å². The van der Waals surface area contributed by atoms with Crippen LogP contribution < -0.4 is 0 Å². The molecule has 0 atom stereocenters. The van der Waals surface area contributed by atoms with E-state index in [1.54, 1.807) is 0 Å². The lowest BCUT2D eigenvalue weighted by Crippen LogP contribution is -2.01. The zero-order valence-corrected chi connectivity index (χ0v) is 7.78. The summed E-state index contributed by atoms with van der Waals surface area (Å²) in [5.41, 5.74) is 0. The lowest BCUT2D eigenvalue weighted by Gasteiger charge is -2.04. The number of hydrogen-bond acceptors (Lipinski definition) is 3. The Morgan fingerprint density at radius 3 is 2.45 bits per heavy atom. The zero-order valence-electron chi connectivity index (χ0n) is 6.96. The van der Waals surface area contributed by atoms with E-state index in [4.69, 9.17) is 0 Å². The van der Waals surface area contributed by atoms with Crippen LogP contribution in [0.25, 0.3) is 0 Å². The first-order valence-electron chi connectivity index (χ1n) is 3.53. The van der Waals surface area contributed by atoms with Gasteiger partial charge in [0.05, 0.1) is 6.26 Å². The van der Waals surface area contributed by atoms with Gasteiger partial charge < -0.3 is 4.18 Å². The van der Waals surface area contributed by atoms with Crippen molar-refractivity contribution < 1.29 is 12.6 Å². The van der Waals surface area contributed by atoms with E-state index in [-0.39, 0.29) is 0 Å². The van der Waals surface area contributed by atoms with Crippen molar-refractivity contribution in [3.63, 3.8) is 0 Å². The first-order chi connectivity index (χ1) is 4.95. The minimum atomic E-state index is -3.35. The van der Waals surface area contributed by atoms with Crippen LogP contribution in [0.1, 0.15) is 26.2 Å². The highest BCUT2D eigenvalue weighted by Crippen LogP contribution is 2.08. The van der Waals surface area contributed by atoms with Crippen molar-refractivity contribution in [1.82, 2.24) is 0 Å². The Morgan fingerprint density at radius 2 is 2.09 bits per heavy atom. The molecule has 0 aromatic rings. The van der Waals surface area contributed by atoms with Gasteiger partial charge >= 0.3 is 10.1 Å². The van der Waals surface area contributed by atoms with E-state index in [0.717, 1.165) is 19.1 Å². The molecule has 0 N–H and O–H groups in total. The molecule has 0 radical (unpaired) electrons. The third-order valence-electron chi connectivity index (χ3n) is 1.08. The van der Waals surface area contributed by atoms with Gasteiger partial charge in [-0.3, -0.25) is 0 Å². The van der Waals surface area contributed by atoms with Crippen molar-refractivity contribution >= 4 is 10.1 Å². The van der Waals surface area contributed by atoms with E-state index < -0.39 is 10.1 Å². The van der Waals surface area contributed by atoms with Gasteiger partial charge in [-0.1, -0.05) is 19.9 Å². The van der Waals surface area contributed by atoms with E-state index in [9.17, 15) is 8.42 Å². The number of allylic oxidation sites excluding steroid dienone is 1. The van der Waals surface area contributed by atoms with Gasteiger partial charge in [-0.15, -0.1) is 0 Å². The average Bonchev–Trinajstić information content (AvgIpc) is 1.79. The third kappa shape index (κ3) is 7.39. The van der Waals surface area contributed by atoms with E-state index in [2.05, 4.69) is 10.8 Å². The molecule has 0 aromatic heterocycles. The summed E-state index contributed by atoms with van der Waals surface area (Å²) in [5, 5.41) is 0. The fraction of sp³-hybridized carbons (Fsp3) is 0.714. The van der Waals surface area contributed by atoms with Crippen molar-refractivity contribution in [3.8, 4) is 0 Å². The van der Waals surface area contributed by atoms with Crippen LogP contribution in [0, 0.1) is 0 Å².